The molecular weight excluding hydrogens is 306 g/mol. The Hall–Kier alpha value is -1.72. The number of benzene rings is 1. The average molecular weight is 322 g/mol. The molecular formula is C15H16ClN3OS. The summed E-state index contributed by atoms with van der Waals surface area (Å²) in [6, 6.07) is 3.84. The SMILES string of the molecule is C=CCNc1nc(-c2cc(Cl)cc3c2OCCN3C)cs1. The van der Waals surface area contributed by atoms with Crippen molar-refractivity contribution in [2.45, 2.75) is 0 Å². The maximum Gasteiger partial charge on any atom is 0.183 e. The van der Waals surface area contributed by atoms with Crippen LogP contribution in [0.5, 0.6) is 5.75 Å². The van der Waals surface area contributed by atoms with Crippen molar-refractivity contribution in [2.24, 2.45) is 0 Å². The molecule has 3 rings (SSSR count). The molecule has 1 aliphatic rings. The summed E-state index contributed by atoms with van der Waals surface area (Å²) in [7, 11) is 2.04. The minimum Gasteiger partial charge on any atom is -0.489 e. The molecule has 21 heavy (non-hydrogen) atoms. The van der Waals surface area contributed by atoms with Gasteiger partial charge in [0.25, 0.3) is 0 Å². The van der Waals surface area contributed by atoms with E-state index in [0.717, 1.165) is 34.4 Å². The van der Waals surface area contributed by atoms with E-state index in [1.807, 2.05) is 24.6 Å². The van der Waals surface area contributed by atoms with Crippen LogP contribution in [0.15, 0.2) is 30.2 Å². The zero-order valence-corrected chi connectivity index (χ0v) is 13.3. The predicted octanol–water partition coefficient (Wildman–Crippen LogP) is 3.89. The maximum absolute atomic E-state index is 6.25. The largest absolute Gasteiger partial charge is 0.489 e. The van der Waals surface area contributed by atoms with Gasteiger partial charge in [-0.3, -0.25) is 0 Å². The van der Waals surface area contributed by atoms with Crippen molar-refractivity contribution < 1.29 is 4.74 Å². The van der Waals surface area contributed by atoms with Gasteiger partial charge in [-0.1, -0.05) is 17.7 Å². The second-order valence-electron chi connectivity index (χ2n) is 4.78. The Labute approximate surface area is 133 Å². The van der Waals surface area contributed by atoms with Crippen LogP contribution >= 0.6 is 22.9 Å². The van der Waals surface area contributed by atoms with E-state index in [0.29, 0.717) is 18.2 Å². The minimum absolute atomic E-state index is 0.670. The van der Waals surface area contributed by atoms with Gasteiger partial charge in [0.15, 0.2) is 10.9 Å². The van der Waals surface area contributed by atoms with Crippen LogP contribution in [-0.4, -0.2) is 31.7 Å². The van der Waals surface area contributed by atoms with Crippen LogP contribution in [0.25, 0.3) is 11.3 Å². The van der Waals surface area contributed by atoms with Gasteiger partial charge in [-0.15, -0.1) is 17.9 Å². The number of nitrogens with zero attached hydrogens (tertiary/aromatic N) is 2. The van der Waals surface area contributed by atoms with Gasteiger partial charge in [-0.2, -0.15) is 0 Å². The van der Waals surface area contributed by atoms with Gasteiger partial charge in [0.2, 0.25) is 0 Å². The summed E-state index contributed by atoms with van der Waals surface area (Å²) in [5, 5.41) is 6.76. The van der Waals surface area contributed by atoms with Crippen LogP contribution in [0.2, 0.25) is 5.02 Å². The molecule has 1 aromatic carbocycles. The molecule has 1 aromatic heterocycles. The Balaban J connectivity index is 2.01. The molecule has 6 heteroatoms. The van der Waals surface area contributed by atoms with E-state index in [4.69, 9.17) is 16.3 Å². The normalized spacial score (nSPS) is 13.5. The van der Waals surface area contributed by atoms with Crippen molar-refractivity contribution in [1.29, 1.82) is 0 Å². The Morgan fingerprint density at radius 1 is 1.57 bits per heavy atom. The maximum atomic E-state index is 6.25. The number of rotatable bonds is 4. The minimum atomic E-state index is 0.670. The smallest absolute Gasteiger partial charge is 0.183 e. The van der Waals surface area contributed by atoms with Crippen LogP contribution in [0.1, 0.15) is 0 Å². The van der Waals surface area contributed by atoms with Gasteiger partial charge < -0.3 is 15.0 Å². The molecule has 0 unspecified atom stereocenters. The Morgan fingerprint density at radius 3 is 3.24 bits per heavy atom. The van der Waals surface area contributed by atoms with Gasteiger partial charge in [0, 0.05) is 29.6 Å². The van der Waals surface area contributed by atoms with E-state index in [1.54, 1.807) is 17.4 Å². The highest BCUT2D eigenvalue weighted by molar-refractivity contribution is 7.14. The molecule has 0 saturated carbocycles. The molecule has 4 nitrogen and oxygen atoms in total. The van der Waals surface area contributed by atoms with Gasteiger partial charge >= 0.3 is 0 Å². The number of aromatic nitrogens is 1. The van der Waals surface area contributed by atoms with Gasteiger partial charge in [0.1, 0.15) is 6.61 Å². The van der Waals surface area contributed by atoms with Crippen LogP contribution in [-0.2, 0) is 0 Å². The number of halogens is 1. The lowest BCUT2D eigenvalue weighted by atomic mass is 10.1. The summed E-state index contributed by atoms with van der Waals surface area (Å²) in [4.78, 5) is 6.74. The van der Waals surface area contributed by atoms with Crippen molar-refractivity contribution in [3.05, 3.63) is 35.2 Å². The van der Waals surface area contributed by atoms with Gasteiger partial charge in [-0.25, -0.2) is 4.98 Å². The van der Waals surface area contributed by atoms with Crippen molar-refractivity contribution in [3.63, 3.8) is 0 Å². The summed E-state index contributed by atoms with van der Waals surface area (Å²) in [5.41, 5.74) is 2.82. The predicted molar refractivity (Wildman–Crippen MR) is 90.0 cm³/mol. The third kappa shape index (κ3) is 2.84. The summed E-state index contributed by atoms with van der Waals surface area (Å²) < 4.78 is 5.85. The zero-order chi connectivity index (χ0) is 14.8. The number of ether oxygens (including phenoxy) is 1. The second-order valence-corrected chi connectivity index (χ2v) is 6.07. The summed E-state index contributed by atoms with van der Waals surface area (Å²) in [6.45, 7) is 5.91. The van der Waals surface area contributed by atoms with E-state index in [2.05, 4.69) is 21.8 Å². The lowest BCUT2D eigenvalue weighted by Crippen LogP contribution is -2.29. The first kappa shape index (κ1) is 14.2. The number of fused-ring (bicyclic) bond motifs is 1. The van der Waals surface area contributed by atoms with Crippen molar-refractivity contribution in [2.75, 3.05) is 37.0 Å². The number of hydrogen-bond acceptors (Lipinski definition) is 5. The van der Waals surface area contributed by atoms with Crippen LogP contribution in [0, 0.1) is 0 Å². The molecule has 0 amide bonds. The molecule has 1 aliphatic heterocycles. The van der Waals surface area contributed by atoms with E-state index in [9.17, 15) is 0 Å². The van der Waals surface area contributed by atoms with Crippen molar-refractivity contribution in [3.8, 4) is 17.0 Å². The number of likely N-dealkylation sites (N-methyl/N-ethyl adjacent to an activating group) is 1. The number of anilines is 2. The topological polar surface area (TPSA) is 37.4 Å². The molecule has 0 aliphatic carbocycles. The fourth-order valence-electron chi connectivity index (χ4n) is 2.25. The van der Waals surface area contributed by atoms with Crippen LogP contribution in [0.3, 0.4) is 0 Å². The summed E-state index contributed by atoms with van der Waals surface area (Å²) in [5.74, 6) is 0.855. The monoisotopic (exact) mass is 321 g/mol. The molecule has 2 aromatic rings. The van der Waals surface area contributed by atoms with E-state index in [-0.39, 0.29) is 0 Å². The summed E-state index contributed by atoms with van der Waals surface area (Å²) >= 11 is 7.81. The lowest BCUT2D eigenvalue weighted by molar-refractivity contribution is 0.312. The highest BCUT2D eigenvalue weighted by Gasteiger charge is 2.21. The van der Waals surface area contributed by atoms with Gasteiger partial charge in [-0.05, 0) is 12.1 Å². The third-order valence-corrected chi connectivity index (χ3v) is 4.31. The first-order valence-corrected chi connectivity index (χ1v) is 7.93. The average Bonchev–Trinajstić information content (AvgIpc) is 2.94. The Bertz CT molecular complexity index is 671. The molecule has 0 spiro atoms. The first-order chi connectivity index (χ1) is 10.2. The van der Waals surface area contributed by atoms with E-state index >= 15 is 0 Å². The molecule has 1 N–H and O–H groups in total. The van der Waals surface area contributed by atoms with Crippen LogP contribution < -0.4 is 15.0 Å². The molecule has 0 bridgehead atoms. The third-order valence-electron chi connectivity index (χ3n) is 3.30. The highest BCUT2D eigenvalue weighted by Crippen LogP contribution is 2.43. The Kier molecular flexibility index (Phi) is 4.03. The van der Waals surface area contributed by atoms with E-state index < -0.39 is 0 Å². The van der Waals surface area contributed by atoms with Crippen LogP contribution in [0.4, 0.5) is 10.8 Å². The fraction of sp³-hybridized carbons (Fsp3) is 0.267. The number of thiazole rings is 1. The van der Waals surface area contributed by atoms with E-state index in [1.165, 1.54) is 0 Å². The Morgan fingerprint density at radius 2 is 2.43 bits per heavy atom. The molecule has 0 fully saturated rings. The standard InChI is InChI=1S/C15H16ClN3OS/c1-3-4-17-15-18-12(9-21-15)11-7-10(16)8-13-14(11)20-6-5-19(13)2/h3,7-9H,1,4-6H2,2H3,(H,17,18). The second kappa shape index (κ2) is 5.95. The number of nitrogens with one attached hydrogen (secondary N) is 1. The van der Waals surface area contributed by atoms with Gasteiger partial charge in [0.05, 0.1) is 17.9 Å². The molecule has 0 atom stereocenters. The number of hydrogen-bond donors (Lipinski definition) is 1. The summed E-state index contributed by atoms with van der Waals surface area (Å²) in [6.07, 6.45) is 1.81. The fourth-order valence-corrected chi connectivity index (χ4v) is 3.18. The lowest BCUT2D eigenvalue weighted by Gasteiger charge is -2.29. The first-order valence-electron chi connectivity index (χ1n) is 6.67. The quantitative estimate of drug-likeness (QED) is 0.867. The zero-order valence-electron chi connectivity index (χ0n) is 11.7. The highest BCUT2D eigenvalue weighted by atomic mass is 35.5. The molecule has 2 heterocycles. The molecule has 110 valence electrons. The van der Waals surface area contributed by atoms with Crippen molar-refractivity contribution >= 4 is 33.8 Å². The molecule has 0 radical (unpaired) electrons. The van der Waals surface area contributed by atoms with Crippen molar-refractivity contribution in [1.82, 2.24) is 4.98 Å². The molecule has 0 saturated heterocycles.